The molecule has 5 nitrogen and oxygen atoms in total. The van der Waals surface area contributed by atoms with Gasteiger partial charge in [0.05, 0.1) is 10.6 Å². The minimum Gasteiger partial charge on any atom is -0.361 e. The van der Waals surface area contributed by atoms with E-state index in [2.05, 4.69) is 78.9 Å². The van der Waals surface area contributed by atoms with Gasteiger partial charge in [0.1, 0.15) is 0 Å². The van der Waals surface area contributed by atoms with Crippen molar-refractivity contribution >= 4 is 45.5 Å². The van der Waals surface area contributed by atoms with Crippen LogP contribution in [-0.2, 0) is 17.6 Å². The number of aromatic amines is 1. The van der Waals surface area contributed by atoms with E-state index in [1.54, 1.807) is 0 Å². The van der Waals surface area contributed by atoms with E-state index in [1.165, 1.54) is 34.0 Å². The largest absolute Gasteiger partial charge is 0.361 e. The second kappa shape index (κ2) is 11.1. The smallest absolute Gasteiger partial charge is 0.266 e. The number of carbonyl (C=O) groups is 1. The summed E-state index contributed by atoms with van der Waals surface area (Å²) in [6.45, 7) is 6.99. The van der Waals surface area contributed by atoms with Gasteiger partial charge in [0.25, 0.3) is 5.91 Å². The van der Waals surface area contributed by atoms with E-state index in [4.69, 9.17) is 4.99 Å². The maximum Gasteiger partial charge on any atom is 0.266 e. The zero-order valence-electron chi connectivity index (χ0n) is 23.0. The number of para-hydroxylation sites is 3. The zero-order chi connectivity index (χ0) is 27.6. The molecule has 0 radical (unpaired) electrons. The Labute approximate surface area is 239 Å². The molecular formula is C34H32N4OS. The van der Waals surface area contributed by atoms with Crippen molar-refractivity contribution in [2.24, 2.45) is 4.99 Å². The number of rotatable bonds is 7. The van der Waals surface area contributed by atoms with Crippen LogP contribution in [0.1, 0.15) is 35.0 Å². The van der Waals surface area contributed by atoms with Crippen LogP contribution in [0.15, 0.2) is 101 Å². The van der Waals surface area contributed by atoms with Crippen LogP contribution in [0.5, 0.6) is 0 Å². The first-order valence-electron chi connectivity index (χ1n) is 13.7. The Kier molecular flexibility index (Phi) is 7.18. The fourth-order valence-electron chi connectivity index (χ4n) is 5.45. The molecule has 40 heavy (non-hydrogen) atoms. The van der Waals surface area contributed by atoms with Crippen molar-refractivity contribution in [2.45, 2.75) is 33.6 Å². The first kappa shape index (κ1) is 26.0. The predicted octanol–water partition coefficient (Wildman–Crippen LogP) is 7.98. The van der Waals surface area contributed by atoms with Crippen LogP contribution in [0.4, 0.5) is 5.69 Å². The molecule has 0 bridgehead atoms. The molecule has 3 heterocycles. The topological polar surface area (TPSA) is 53.4 Å². The summed E-state index contributed by atoms with van der Waals surface area (Å²) >= 11 is 1.46. The van der Waals surface area contributed by atoms with Crippen LogP contribution in [0.3, 0.4) is 0 Å². The highest BCUT2D eigenvalue weighted by Crippen LogP contribution is 2.36. The van der Waals surface area contributed by atoms with E-state index in [0.29, 0.717) is 16.6 Å². The Morgan fingerprint density at radius 2 is 1.68 bits per heavy atom. The van der Waals surface area contributed by atoms with Gasteiger partial charge in [-0.15, -0.1) is 0 Å². The van der Waals surface area contributed by atoms with E-state index in [-0.39, 0.29) is 5.91 Å². The second-order valence-corrected chi connectivity index (χ2v) is 11.1. The molecule has 1 aliphatic rings. The third kappa shape index (κ3) is 4.91. The summed E-state index contributed by atoms with van der Waals surface area (Å²) in [5.41, 5.74) is 8.97. The van der Waals surface area contributed by atoms with Gasteiger partial charge in [-0.2, -0.15) is 0 Å². The maximum absolute atomic E-state index is 13.8. The number of benzene rings is 3. The van der Waals surface area contributed by atoms with Gasteiger partial charge in [0.15, 0.2) is 5.17 Å². The molecular weight excluding hydrogens is 512 g/mol. The van der Waals surface area contributed by atoms with Crippen molar-refractivity contribution in [2.75, 3.05) is 6.54 Å². The molecule has 1 fully saturated rings. The van der Waals surface area contributed by atoms with Crippen molar-refractivity contribution in [3.05, 3.63) is 124 Å². The van der Waals surface area contributed by atoms with Gasteiger partial charge in [-0.05, 0) is 91.5 Å². The monoisotopic (exact) mass is 544 g/mol. The molecule has 3 aromatic carbocycles. The number of nitrogens with zero attached hydrogens (tertiary/aromatic N) is 3. The van der Waals surface area contributed by atoms with Crippen molar-refractivity contribution in [3.63, 3.8) is 0 Å². The second-order valence-electron chi connectivity index (χ2n) is 10.1. The van der Waals surface area contributed by atoms with Gasteiger partial charge in [-0.25, -0.2) is 4.99 Å². The predicted molar refractivity (Wildman–Crippen MR) is 167 cm³/mol. The van der Waals surface area contributed by atoms with Crippen LogP contribution < -0.4 is 0 Å². The van der Waals surface area contributed by atoms with Crippen molar-refractivity contribution in [1.29, 1.82) is 0 Å². The van der Waals surface area contributed by atoms with Gasteiger partial charge in [0.2, 0.25) is 0 Å². The lowest BCUT2D eigenvalue weighted by Crippen LogP contribution is -2.31. The van der Waals surface area contributed by atoms with Crippen molar-refractivity contribution < 1.29 is 4.79 Å². The zero-order valence-corrected chi connectivity index (χ0v) is 23.8. The lowest BCUT2D eigenvalue weighted by atomic mass is 10.1. The lowest BCUT2D eigenvalue weighted by molar-refractivity contribution is -0.122. The van der Waals surface area contributed by atoms with Crippen molar-refractivity contribution in [1.82, 2.24) is 14.5 Å². The quantitative estimate of drug-likeness (QED) is 0.211. The fraction of sp³-hybridized carbons (Fsp3) is 0.176. The van der Waals surface area contributed by atoms with Crippen LogP contribution >= 0.6 is 11.8 Å². The van der Waals surface area contributed by atoms with Crippen molar-refractivity contribution in [3.8, 4) is 5.69 Å². The molecule has 0 atom stereocenters. The van der Waals surface area contributed by atoms with Crippen LogP contribution in [-0.4, -0.2) is 32.1 Å². The van der Waals surface area contributed by atoms with Gasteiger partial charge in [0, 0.05) is 40.7 Å². The molecule has 0 unspecified atom stereocenters. The third-order valence-corrected chi connectivity index (χ3v) is 8.53. The first-order valence-corrected chi connectivity index (χ1v) is 14.5. The number of aryl methyl sites for hydroxylation is 2. The standard InChI is InChI=1S/C34H32N4OS/c1-4-25-12-8-11-17-31(25)38-23(2)20-27(24(38)3)21-32-33(39)37(34(40-32)36-28-13-6-5-7-14-28)19-18-26-22-35-30-16-10-9-15-29(26)30/h5-17,20-22,35H,4,18-19H2,1-3H3/b32-21-,36-34?. The third-order valence-electron chi connectivity index (χ3n) is 7.52. The molecule has 1 N–H and O–H groups in total. The van der Waals surface area contributed by atoms with E-state index >= 15 is 0 Å². The molecule has 6 heteroatoms. The number of thioether (sulfide) groups is 1. The highest BCUT2D eigenvalue weighted by atomic mass is 32.2. The number of carbonyl (C=O) groups excluding carboxylic acids is 1. The Balaban J connectivity index is 1.34. The number of fused-ring (bicyclic) bond motifs is 1. The number of hydrogen-bond donors (Lipinski definition) is 1. The summed E-state index contributed by atoms with van der Waals surface area (Å²) in [4.78, 5) is 24.6. The molecule has 0 saturated carbocycles. The van der Waals surface area contributed by atoms with Crippen LogP contribution in [0, 0.1) is 13.8 Å². The van der Waals surface area contributed by atoms with Gasteiger partial charge in [-0.3, -0.25) is 9.69 Å². The fourth-order valence-corrected chi connectivity index (χ4v) is 6.46. The number of hydrogen-bond acceptors (Lipinski definition) is 3. The van der Waals surface area contributed by atoms with Gasteiger partial charge < -0.3 is 9.55 Å². The number of amidine groups is 1. The lowest BCUT2D eigenvalue weighted by Gasteiger charge is -2.15. The van der Waals surface area contributed by atoms with E-state index in [1.807, 2.05) is 53.6 Å². The summed E-state index contributed by atoms with van der Waals surface area (Å²) in [6.07, 6.45) is 5.78. The molecule has 6 rings (SSSR count). The number of aliphatic imine (C=N–C) groups is 1. The molecule has 1 aliphatic heterocycles. The SMILES string of the molecule is CCc1ccccc1-n1c(C)cc(/C=C2\SC(=Nc3ccccc3)N(CCc3c[nH]c4ccccc34)C2=O)c1C. The highest BCUT2D eigenvalue weighted by Gasteiger charge is 2.33. The molecule has 200 valence electrons. The van der Waals surface area contributed by atoms with E-state index in [9.17, 15) is 4.79 Å². The minimum absolute atomic E-state index is 0.00159. The molecule has 0 aliphatic carbocycles. The minimum atomic E-state index is -0.00159. The number of nitrogens with one attached hydrogen (secondary N) is 1. The van der Waals surface area contributed by atoms with Gasteiger partial charge >= 0.3 is 0 Å². The Morgan fingerprint density at radius 1 is 0.925 bits per heavy atom. The number of amides is 1. The summed E-state index contributed by atoms with van der Waals surface area (Å²) in [7, 11) is 0. The average Bonchev–Trinajstić information content (AvgIpc) is 3.61. The Morgan fingerprint density at radius 3 is 2.50 bits per heavy atom. The van der Waals surface area contributed by atoms with Gasteiger partial charge in [-0.1, -0.05) is 61.5 Å². The van der Waals surface area contributed by atoms with E-state index in [0.717, 1.165) is 41.0 Å². The molecule has 1 saturated heterocycles. The van der Waals surface area contributed by atoms with Crippen LogP contribution in [0.2, 0.25) is 0 Å². The number of aromatic nitrogens is 2. The number of H-pyrrole nitrogens is 1. The van der Waals surface area contributed by atoms with E-state index < -0.39 is 0 Å². The highest BCUT2D eigenvalue weighted by molar-refractivity contribution is 8.18. The Bertz CT molecular complexity index is 1760. The maximum atomic E-state index is 13.8. The summed E-state index contributed by atoms with van der Waals surface area (Å²) in [5.74, 6) is -0.00159. The average molecular weight is 545 g/mol. The molecule has 2 aromatic heterocycles. The Hall–Kier alpha value is -4.29. The summed E-state index contributed by atoms with van der Waals surface area (Å²) in [6, 6.07) is 28.8. The first-order chi connectivity index (χ1) is 19.5. The van der Waals surface area contributed by atoms with Crippen LogP contribution in [0.25, 0.3) is 22.7 Å². The molecule has 1 amide bonds. The molecule has 5 aromatic rings. The summed E-state index contributed by atoms with van der Waals surface area (Å²) < 4.78 is 2.29. The summed E-state index contributed by atoms with van der Waals surface area (Å²) in [5, 5.41) is 1.91. The molecule has 0 spiro atoms. The normalized spacial score (nSPS) is 15.7.